The van der Waals surface area contributed by atoms with Crippen molar-refractivity contribution >= 4 is 27.5 Å². The summed E-state index contributed by atoms with van der Waals surface area (Å²) >= 11 is 0. The molecule has 0 aromatic heterocycles. The van der Waals surface area contributed by atoms with Crippen molar-refractivity contribution in [2.45, 2.75) is 19.4 Å². The van der Waals surface area contributed by atoms with Gasteiger partial charge in [-0.15, -0.1) is 0 Å². The fourth-order valence-corrected chi connectivity index (χ4v) is 4.43. The van der Waals surface area contributed by atoms with Crippen LogP contribution in [-0.4, -0.2) is 39.1 Å². The average molecular weight is 391 g/mol. The zero-order chi connectivity index (χ0) is 19.8. The number of rotatable bonds is 5. The topological polar surface area (TPSA) is 80.8 Å². The third kappa shape index (κ3) is 4.00. The molecule has 0 saturated carbocycles. The fourth-order valence-electron chi connectivity index (χ4n) is 3.17. The maximum atomic E-state index is 12.9. The summed E-state index contributed by atoms with van der Waals surface area (Å²) in [6.45, 7) is 1.34. The van der Waals surface area contributed by atoms with Crippen LogP contribution in [0, 0.1) is 5.82 Å². The first kappa shape index (κ1) is 19.0. The van der Waals surface area contributed by atoms with Crippen molar-refractivity contribution in [1.29, 1.82) is 0 Å². The van der Waals surface area contributed by atoms with Crippen molar-refractivity contribution in [3.05, 3.63) is 65.0 Å². The first-order valence-electron chi connectivity index (χ1n) is 8.25. The van der Waals surface area contributed by atoms with Gasteiger partial charge in [0, 0.05) is 11.6 Å². The molecule has 27 heavy (non-hydrogen) atoms. The number of carbonyl (C=O) groups is 2. The Labute approximate surface area is 156 Å². The van der Waals surface area contributed by atoms with Gasteiger partial charge in [-0.25, -0.2) is 17.6 Å². The maximum Gasteiger partial charge on any atom is 0.338 e. The zero-order valence-electron chi connectivity index (χ0n) is 14.8. The smallest absolute Gasteiger partial charge is 0.338 e. The van der Waals surface area contributed by atoms with Gasteiger partial charge in [0.15, 0.2) is 12.4 Å². The minimum Gasteiger partial charge on any atom is -0.454 e. The summed E-state index contributed by atoms with van der Waals surface area (Å²) in [5.74, 6) is -1.60. The highest BCUT2D eigenvalue weighted by molar-refractivity contribution is 7.92. The SMILES string of the molecule is C[C@@H]1Cc2cc(C(=O)COC(=O)c3ccc(F)cc3)ccc2N1S(C)(=O)=O. The number of sulfonamides is 1. The second kappa shape index (κ2) is 7.11. The predicted octanol–water partition coefficient (Wildman–Crippen LogP) is 2.58. The van der Waals surface area contributed by atoms with Gasteiger partial charge >= 0.3 is 5.97 Å². The molecule has 0 fully saturated rings. The van der Waals surface area contributed by atoms with Gasteiger partial charge in [-0.05, 0) is 61.4 Å². The van der Waals surface area contributed by atoms with Crippen molar-refractivity contribution in [2.75, 3.05) is 17.2 Å². The molecule has 142 valence electrons. The zero-order valence-corrected chi connectivity index (χ0v) is 15.6. The lowest BCUT2D eigenvalue weighted by molar-refractivity contribution is 0.0474. The highest BCUT2D eigenvalue weighted by Crippen LogP contribution is 2.34. The van der Waals surface area contributed by atoms with Gasteiger partial charge < -0.3 is 4.74 Å². The number of halogens is 1. The van der Waals surface area contributed by atoms with Gasteiger partial charge in [-0.2, -0.15) is 0 Å². The third-order valence-corrected chi connectivity index (χ3v) is 5.60. The molecule has 0 bridgehead atoms. The Morgan fingerprint density at radius 3 is 2.41 bits per heavy atom. The molecule has 0 saturated heterocycles. The second-order valence-electron chi connectivity index (χ2n) is 6.46. The van der Waals surface area contributed by atoms with Gasteiger partial charge in [0.1, 0.15) is 5.82 Å². The van der Waals surface area contributed by atoms with E-state index < -0.39 is 34.2 Å². The Bertz CT molecular complexity index is 1000. The van der Waals surface area contributed by atoms with Crippen LogP contribution >= 0.6 is 0 Å². The summed E-state index contributed by atoms with van der Waals surface area (Å²) in [7, 11) is -3.40. The molecular weight excluding hydrogens is 373 g/mol. The number of benzene rings is 2. The number of fused-ring (bicyclic) bond motifs is 1. The molecule has 1 aliphatic rings. The number of hydrogen-bond acceptors (Lipinski definition) is 5. The number of nitrogens with zero attached hydrogens (tertiary/aromatic N) is 1. The van der Waals surface area contributed by atoms with Crippen LogP contribution in [0.1, 0.15) is 33.2 Å². The van der Waals surface area contributed by atoms with E-state index in [0.29, 0.717) is 17.7 Å². The number of esters is 1. The molecule has 1 atom stereocenters. The van der Waals surface area contributed by atoms with Crippen molar-refractivity contribution in [2.24, 2.45) is 0 Å². The summed E-state index contributed by atoms with van der Waals surface area (Å²) < 4.78 is 43.1. The molecule has 0 N–H and O–H groups in total. The Balaban J connectivity index is 1.71. The van der Waals surface area contributed by atoms with Crippen LogP contribution in [0.2, 0.25) is 0 Å². The average Bonchev–Trinajstić information content (AvgIpc) is 2.94. The van der Waals surface area contributed by atoms with Gasteiger partial charge in [0.05, 0.1) is 17.5 Å². The largest absolute Gasteiger partial charge is 0.454 e. The van der Waals surface area contributed by atoms with Crippen LogP contribution in [0.5, 0.6) is 0 Å². The molecular formula is C19H18FNO5S. The van der Waals surface area contributed by atoms with Gasteiger partial charge in [0.25, 0.3) is 0 Å². The number of carbonyl (C=O) groups excluding carboxylic acids is 2. The molecule has 3 rings (SSSR count). The van der Waals surface area contributed by atoms with E-state index in [1.807, 2.05) is 0 Å². The third-order valence-electron chi connectivity index (χ3n) is 4.33. The minimum atomic E-state index is -3.40. The van der Waals surface area contributed by atoms with E-state index >= 15 is 0 Å². The number of ether oxygens (including phenoxy) is 1. The molecule has 0 spiro atoms. The van der Waals surface area contributed by atoms with E-state index in [-0.39, 0.29) is 11.6 Å². The Kier molecular flexibility index (Phi) is 5.01. The molecule has 0 aliphatic carbocycles. The maximum absolute atomic E-state index is 12.9. The fraction of sp³-hybridized carbons (Fsp3) is 0.263. The first-order chi connectivity index (χ1) is 12.7. The highest BCUT2D eigenvalue weighted by Gasteiger charge is 2.32. The van der Waals surface area contributed by atoms with Gasteiger partial charge in [0.2, 0.25) is 10.0 Å². The molecule has 0 radical (unpaired) electrons. The summed E-state index contributed by atoms with van der Waals surface area (Å²) in [6.07, 6.45) is 1.64. The van der Waals surface area contributed by atoms with E-state index in [2.05, 4.69) is 0 Å². The molecule has 1 aliphatic heterocycles. The quantitative estimate of drug-likeness (QED) is 0.578. The van der Waals surface area contributed by atoms with Crippen LogP contribution in [0.3, 0.4) is 0 Å². The Morgan fingerprint density at radius 2 is 1.78 bits per heavy atom. The molecule has 2 aromatic carbocycles. The summed E-state index contributed by atoms with van der Waals surface area (Å²) in [4.78, 5) is 24.2. The van der Waals surface area contributed by atoms with Crippen LogP contribution in [0.15, 0.2) is 42.5 Å². The number of Topliss-reactive ketones (excluding diaryl/α,β-unsaturated/α-hetero) is 1. The normalized spacial score (nSPS) is 16.1. The summed E-state index contributed by atoms with van der Waals surface area (Å²) in [5, 5.41) is 0. The van der Waals surface area contributed by atoms with Gasteiger partial charge in [-0.3, -0.25) is 9.10 Å². The van der Waals surface area contributed by atoms with Crippen LogP contribution in [0.4, 0.5) is 10.1 Å². The Morgan fingerprint density at radius 1 is 1.15 bits per heavy atom. The monoisotopic (exact) mass is 391 g/mol. The van der Waals surface area contributed by atoms with Crippen LogP contribution in [-0.2, 0) is 21.2 Å². The molecule has 2 aromatic rings. The number of hydrogen-bond donors (Lipinski definition) is 0. The van der Waals surface area contributed by atoms with E-state index in [1.165, 1.54) is 22.5 Å². The first-order valence-corrected chi connectivity index (χ1v) is 10.1. The van der Waals surface area contributed by atoms with Crippen molar-refractivity contribution in [3.63, 3.8) is 0 Å². The standard InChI is InChI=1S/C19H18FNO5S/c1-12-9-15-10-14(5-8-17(15)21(12)27(2,24)25)18(22)11-26-19(23)13-3-6-16(20)7-4-13/h3-8,10,12H,9,11H2,1-2H3/t12-/m1/s1. The predicted molar refractivity (Wildman–Crippen MR) is 97.9 cm³/mol. The molecule has 0 amide bonds. The number of anilines is 1. The number of ketones is 1. The van der Waals surface area contributed by atoms with E-state index in [4.69, 9.17) is 4.74 Å². The van der Waals surface area contributed by atoms with Gasteiger partial charge in [-0.1, -0.05) is 0 Å². The lowest BCUT2D eigenvalue weighted by Crippen LogP contribution is -2.34. The Hall–Kier alpha value is -2.74. The summed E-state index contributed by atoms with van der Waals surface area (Å²) in [6, 6.07) is 9.33. The van der Waals surface area contributed by atoms with Crippen molar-refractivity contribution in [3.8, 4) is 0 Å². The highest BCUT2D eigenvalue weighted by atomic mass is 32.2. The second-order valence-corrected chi connectivity index (χ2v) is 8.32. The summed E-state index contributed by atoms with van der Waals surface area (Å²) in [5.41, 5.74) is 1.80. The van der Waals surface area contributed by atoms with Crippen LogP contribution in [0.25, 0.3) is 0 Å². The van der Waals surface area contributed by atoms with Crippen molar-refractivity contribution < 1.29 is 27.1 Å². The molecule has 8 heteroatoms. The molecule has 1 heterocycles. The van der Waals surface area contributed by atoms with E-state index in [1.54, 1.807) is 19.1 Å². The van der Waals surface area contributed by atoms with E-state index in [0.717, 1.165) is 24.0 Å². The molecule has 6 nitrogen and oxygen atoms in total. The van der Waals surface area contributed by atoms with Crippen LogP contribution < -0.4 is 4.31 Å². The van der Waals surface area contributed by atoms with E-state index in [9.17, 15) is 22.4 Å². The molecule has 0 unspecified atom stereocenters. The lowest BCUT2D eigenvalue weighted by atomic mass is 10.0. The van der Waals surface area contributed by atoms with Crippen molar-refractivity contribution in [1.82, 2.24) is 0 Å². The minimum absolute atomic E-state index is 0.149. The lowest BCUT2D eigenvalue weighted by Gasteiger charge is -2.21.